The third-order valence-corrected chi connectivity index (χ3v) is 3.83. The Kier molecular flexibility index (Phi) is 5.32. The lowest BCUT2D eigenvalue weighted by Crippen LogP contribution is -2.32. The summed E-state index contributed by atoms with van der Waals surface area (Å²) in [5, 5.41) is 13.6. The highest BCUT2D eigenvalue weighted by atomic mass is 19.1. The zero-order valence-corrected chi connectivity index (χ0v) is 13.2. The van der Waals surface area contributed by atoms with Crippen molar-refractivity contribution in [1.29, 1.82) is 0 Å². The molecule has 0 radical (unpaired) electrons. The minimum absolute atomic E-state index is 0.0867. The summed E-state index contributed by atoms with van der Waals surface area (Å²) >= 11 is 0. The van der Waals surface area contributed by atoms with Gasteiger partial charge >= 0.3 is 0 Å². The average Bonchev–Trinajstić information content (AvgIpc) is 3.13. The maximum absolute atomic E-state index is 13.5. The van der Waals surface area contributed by atoms with Crippen molar-refractivity contribution < 1.29 is 13.9 Å². The molecule has 0 aliphatic carbocycles. The predicted octanol–water partition coefficient (Wildman–Crippen LogP) is 2.14. The summed E-state index contributed by atoms with van der Waals surface area (Å²) in [6.45, 7) is 1.53. The SMILES string of the molecule is O=C(NCC1CCCO1)c1ccc(NCc2ccccc2F)nn1. The van der Waals surface area contributed by atoms with E-state index in [1.165, 1.54) is 6.07 Å². The summed E-state index contributed by atoms with van der Waals surface area (Å²) in [6, 6.07) is 9.75. The topological polar surface area (TPSA) is 76.1 Å². The molecule has 2 aromatic rings. The van der Waals surface area contributed by atoms with Crippen molar-refractivity contribution in [2.24, 2.45) is 0 Å². The number of carbonyl (C=O) groups excluding carboxylic acids is 1. The van der Waals surface area contributed by atoms with Gasteiger partial charge in [-0.2, -0.15) is 0 Å². The van der Waals surface area contributed by atoms with E-state index in [1.807, 2.05) is 0 Å². The van der Waals surface area contributed by atoms with Gasteiger partial charge < -0.3 is 15.4 Å². The van der Waals surface area contributed by atoms with Crippen molar-refractivity contribution in [3.8, 4) is 0 Å². The van der Waals surface area contributed by atoms with Crippen LogP contribution in [-0.2, 0) is 11.3 Å². The maximum atomic E-state index is 13.5. The van der Waals surface area contributed by atoms with Gasteiger partial charge in [0, 0.05) is 25.3 Å². The van der Waals surface area contributed by atoms with Gasteiger partial charge in [0.25, 0.3) is 5.91 Å². The second-order valence-corrected chi connectivity index (χ2v) is 5.59. The van der Waals surface area contributed by atoms with Crippen LogP contribution in [-0.4, -0.2) is 35.4 Å². The van der Waals surface area contributed by atoms with Gasteiger partial charge in [-0.25, -0.2) is 4.39 Å². The molecular formula is C17H19FN4O2. The van der Waals surface area contributed by atoms with Crippen LogP contribution in [0.4, 0.5) is 10.2 Å². The quantitative estimate of drug-likeness (QED) is 0.849. The van der Waals surface area contributed by atoms with E-state index >= 15 is 0 Å². The van der Waals surface area contributed by atoms with Crippen molar-refractivity contribution in [2.45, 2.75) is 25.5 Å². The van der Waals surface area contributed by atoms with Gasteiger partial charge in [-0.15, -0.1) is 10.2 Å². The van der Waals surface area contributed by atoms with Gasteiger partial charge in [-0.05, 0) is 31.0 Å². The number of hydrogen-bond acceptors (Lipinski definition) is 5. The maximum Gasteiger partial charge on any atom is 0.271 e. The molecule has 1 aliphatic heterocycles. The Balaban J connectivity index is 1.51. The van der Waals surface area contributed by atoms with Crippen LogP contribution >= 0.6 is 0 Å². The smallest absolute Gasteiger partial charge is 0.271 e. The number of halogens is 1. The van der Waals surface area contributed by atoms with Crippen molar-refractivity contribution in [3.63, 3.8) is 0 Å². The van der Waals surface area contributed by atoms with Gasteiger partial charge in [0.2, 0.25) is 0 Å². The number of nitrogens with zero attached hydrogens (tertiary/aromatic N) is 2. The molecule has 1 amide bonds. The summed E-state index contributed by atoms with van der Waals surface area (Å²) in [5.74, 6) is -0.0735. The number of carbonyl (C=O) groups is 1. The molecule has 24 heavy (non-hydrogen) atoms. The van der Waals surface area contributed by atoms with Gasteiger partial charge in [0.1, 0.15) is 11.6 Å². The third-order valence-electron chi connectivity index (χ3n) is 3.83. The van der Waals surface area contributed by atoms with Crippen LogP contribution in [0.25, 0.3) is 0 Å². The molecule has 1 aliphatic rings. The monoisotopic (exact) mass is 330 g/mol. The molecule has 0 bridgehead atoms. The number of amides is 1. The summed E-state index contributed by atoms with van der Waals surface area (Å²) in [4.78, 5) is 12.0. The highest BCUT2D eigenvalue weighted by Gasteiger charge is 2.17. The van der Waals surface area contributed by atoms with Gasteiger partial charge in [0.15, 0.2) is 5.69 Å². The van der Waals surface area contributed by atoms with E-state index in [0.29, 0.717) is 24.5 Å². The van der Waals surface area contributed by atoms with Crippen molar-refractivity contribution in [1.82, 2.24) is 15.5 Å². The Labute approximate surface area is 139 Å². The standard InChI is InChI=1S/C17H19FN4O2/c18-14-6-2-1-4-12(14)10-19-16-8-7-15(21-22-16)17(23)20-11-13-5-3-9-24-13/h1-2,4,6-8,13H,3,5,9-11H2,(H,19,22)(H,20,23). The van der Waals surface area contributed by atoms with Crippen molar-refractivity contribution in [3.05, 3.63) is 53.5 Å². The molecule has 6 nitrogen and oxygen atoms in total. The Morgan fingerprint density at radius 3 is 2.83 bits per heavy atom. The lowest BCUT2D eigenvalue weighted by atomic mass is 10.2. The first-order valence-electron chi connectivity index (χ1n) is 7.93. The molecule has 0 spiro atoms. The van der Waals surface area contributed by atoms with Crippen LogP contribution in [0.2, 0.25) is 0 Å². The van der Waals surface area contributed by atoms with E-state index in [2.05, 4.69) is 20.8 Å². The first-order chi connectivity index (χ1) is 11.7. The molecule has 2 heterocycles. The number of rotatable bonds is 6. The Morgan fingerprint density at radius 1 is 1.25 bits per heavy atom. The van der Waals surface area contributed by atoms with E-state index in [-0.39, 0.29) is 23.5 Å². The Morgan fingerprint density at radius 2 is 2.12 bits per heavy atom. The summed E-state index contributed by atoms with van der Waals surface area (Å²) < 4.78 is 19.0. The molecule has 1 atom stereocenters. The first kappa shape index (κ1) is 16.3. The van der Waals surface area contributed by atoms with Crippen molar-refractivity contribution >= 4 is 11.7 Å². The van der Waals surface area contributed by atoms with Gasteiger partial charge in [-0.3, -0.25) is 4.79 Å². The van der Waals surface area contributed by atoms with E-state index < -0.39 is 0 Å². The van der Waals surface area contributed by atoms with Crippen LogP contribution in [0, 0.1) is 5.82 Å². The van der Waals surface area contributed by atoms with Crippen molar-refractivity contribution in [2.75, 3.05) is 18.5 Å². The zero-order chi connectivity index (χ0) is 16.8. The normalized spacial score (nSPS) is 16.8. The van der Waals surface area contributed by atoms with Crippen LogP contribution < -0.4 is 10.6 Å². The number of ether oxygens (including phenoxy) is 1. The average molecular weight is 330 g/mol. The molecule has 0 saturated carbocycles. The number of hydrogen-bond donors (Lipinski definition) is 2. The van der Waals surface area contributed by atoms with Crippen LogP contribution in [0.15, 0.2) is 36.4 Å². The molecule has 3 rings (SSSR count). The van der Waals surface area contributed by atoms with Crippen LogP contribution in [0.5, 0.6) is 0 Å². The van der Waals surface area contributed by atoms with E-state index in [0.717, 1.165) is 19.4 Å². The molecule has 1 aromatic heterocycles. The summed E-state index contributed by atoms with van der Waals surface area (Å²) in [6.07, 6.45) is 2.08. The molecule has 7 heteroatoms. The summed E-state index contributed by atoms with van der Waals surface area (Å²) in [7, 11) is 0. The van der Waals surface area contributed by atoms with E-state index in [1.54, 1.807) is 30.3 Å². The molecular weight excluding hydrogens is 311 g/mol. The second-order valence-electron chi connectivity index (χ2n) is 5.59. The molecule has 1 saturated heterocycles. The van der Waals surface area contributed by atoms with Gasteiger partial charge in [-0.1, -0.05) is 18.2 Å². The Bertz CT molecular complexity index is 687. The van der Waals surface area contributed by atoms with Gasteiger partial charge in [0.05, 0.1) is 6.10 Å². The predicted molar refractivity (Wildman–Crippen MR) is 87.1 cm³/mol. The highest BCUT2D eigenvalue weighted by molar-refractivity contribution is 5.92. The van der Waals surface area contributed by atoms with E-state index in [9.17, 15) is 9.18 Å². The zero-order valence-electron chi connectivity index (χ0n) is 13.2. The second kappa shape index (κ2) is 7.83. The van der Waals surface area contributed by atoms with Crippen LogP contribution in [0.1, 0.15) is 28.9 Å². The van der Waals surface area contributed by atoms with Crippen LogP contribution in [0.3, 0.4) is 0 Å². The molecule has 1 unspecified atom stereocenters. The lowest BCUT2D eigenvalue weighted by molar-refractivity contribution is 0.0853. The number of nitrogens with one attached hydrogen (secondary N) is 2. The lowest BCUT2D eigenvalue weighted by Gasteiger charge is -2.10. The number of anilines is 1. The molecule has 1 aromatic carbocycles. The molecule has 126 valence electrons. The largest absolute Gasteiger partial charge is 0.376 e. The molecule has 1 fully saturated rings. The minimum Gasteiger partial charge on any atom is -0.376 e. The Hall–Kier alpha value is -2.54. The minimum atomic E-state index is -0.279. The highest BCUT2D eigenvalue weighted by Crippen LogP contribution is 2.11. The summed E-state index contributed by atoms with van der Waals surface area (Å²) in [5.41, 5.74) is 0.780. The fourth-order valence-electron chi connectivity index (χ4n) is 2.48. The number of benzene rings is 1. The first-order valence-corrected chi connectivity index (χ1v) is 7.93. The van der Waals surface area contributed by atoms with E-state index in [4.69, 9.17) is 4.74 Å². The number of aromatic nitrogens is 2. The fraction of sp³-hybridized carbons (Fsp3) is 0.353. The molecule has 2 N–H and O–H groups in total. The third kappa shape index (κ3) is 4.26. The fourth-order valence-corrected chi connectivity index (χ4v) is 2.48.